The van der Waals surface area contributed by atoms with Gasteiger partial charge in [0.05, 0.1) is 11.8 Å². The number of aromatic nitrogens is 2. The molecular formula is C16H17ClN4O. The Morgan fingerprint density at radius 2 is 2.09 bits per heavy atom. The second-order valence-corrected chi connectivity index (χ2v) is 5.70. The Morgan fingerprint density at radius 1 is 1.41 bits per heavy atom. The van der Waals surface area contributed by atoms with Crippen molar-refractivity contribution >= 4 is 17.5 Å². The molecule has 0 aliphatic rings. The van der Waals surface area contributed by atoms with Gasteiger partial charge in [-0.15, -0.1) is 0 Å². The average Bonchev–Trinajstić information content (AvgIpc) is 2.88. The number of rotatable bonds is 4. The molecule has 0 bridgehead atoms. The van der Waals surface area contributed by atoms with Crippen molar-refractivity contribution in [3.05, 3.63) is 52.3 Å². The third-order valence-electron chi connectivity index (χ3n) is 3.34. The second kappa shape index (κ2) is 6.63. The van der Waals surface area contributed by atoms with Crippen molar-refractivity contribution in [1.82, 2.24) is 15.1 Å². The summed E-state index contributed by atoms with van der Waals surface area (Å²) in [6.07, 6.45) is 0. The van der Waals surface area contributed by atoms with Gasteiger partial charge >= 0.3 is 0 Å². The Hall–Kier alpha value is -2.32. The first kappa shape index (κ1) is 16.1. The van der Waals surface area contributed by atoms with Crippen molar-refractivity contribution in [2.75, 3.05) is 0 Å². The third-order valence-corrected chi connectivity index (χ3v) is 3.69. The molecule has 0 spiro atoms. The molecule has 0 radical (unpaired) electrons. The first-order valence-electron chi connectivity index (χ1n) is 6.93. The summed E-state index contributed by atoms with van der Waals surface area (Å²) in [6.45, 7) is 4.01. The maximum absolute atomic E-state index is 12.4. The molecule has 1 heterocycles. The van der Waals surface area contributed by atoms with Gasteiger partial charge in [0.25, 0.3) is 5.91 Å². The van der Waals surface area contributed by atoms with Gasteiger partial charge in [0.2, 0.25) is 0 Å². The number of benzene rings is 1. The molecule has 22 heavy (non-hydrogen) atoms. The molecule has 1 aromatic heterocycles. The lowest BCUT2D eigenvalue weighted by atomic mass is 10.1. The Kier molecular flexibility index (Phi) is 4.84. The van der Waals surface area contributed by atoms with Crippen molar-refractivity contribution in [1.29, 1.82) is 5.26 Å². The zero-order valence-corrected chi connectivity index (χ0v) is 13.4. The van der Waals surface area contributed by atoms with E-state index in [1.807, 2.05) is 13.8 Å². The maximum Gasteiger partial charge on any atom is 0.270 e. The molecule has 5 nitrogen and oxygen atoms in total. The Balaban J connectivity index is 2.24. The van der Waals surface area contributed by atoms with Crippen molar-refractivity contribution < 1.29 is 4.79 Å². The lowest BCUT2D eigenvalue weighted by Gasteiger charge is -2.13. The zero-order chi connectivity index (χ0) is 16.3. The molecule has 2 rings (SSSR count). The molecule has 1 aromatic carbocycles. The van der Waals surface area contributed by atoms with Gasteiger partial charge in [-0.3, -0.25) is 9.48 Å². The van der Waals surface area contributed by atoms with Crippen LogP contribution in [0.2, 0.25) is 5.02 Å². The minimum atomic E-state index is -0.807. The summed E-state index contributed by atoms with van der Waals surface area (Å²) >= 11 is 6.08. The van der Waals surface area contributed by atoms with Gasteiger partial charge in [-0.05, 0) is 18.1 Å². The molecule has 0 saturated heterocycles. The number of nitrogens with one attached hydrogen (secondary N) is 1. The maximum atomic E-state index is 12.4. The van der Waals surface area contributed by atoms with E-state index in [9.17, 15) is 10.1 Å². The summed E-state index contributed by atoms with van der Waals surface area (Å²) < 4.78 is 1.52. The van der Waals surface area contributed by atoms with E-state index < -0.39 is 6.04 Å². The highest BCUT2D eigenvalue weighted by molar-refractivity contribution is 6.31. The highest BCUT2D eigenvalue weighted by Crippen LogP contribution is 2.22. The minimum Gasteiger partial charge on any atom is -0.331 e. The van der Waals surface area contributed by atoms with E-state index in [1.54, 1.807) is 37.4 Å². The van der Waals surface area contributed by atoms with Crippen LogP contribution in [0.3, 0.4) is 0 Å². The largest absolute Gasteiger partial charge is 0.331 e. The van der Waals surface area contributed by atoms with Crippen LogP contribution in [-0.2, 0) is 7.05 Å². The van der Waals surface area contributed by atoms with Crippen molar-refractivity contribution in [3.63, 3.8) is 0 Å². The van der Waals surface area contributed by atoms with E-state index in [0.717, 1.165) is 5.69 Å². The number of amides is 1. The number of nitriles is 1. The van der Waals surface area contributed by atoms with Gasteiger partial charge in [0.15, 0.2) is 0 Å². The van der Waals surface area contributed by atoms with Crippen molar-refractivity contribution in [2.24, 2.45) is 7.05 Å². The van der Waals surface area contributed by atoms with Crippen LogP contribution in [-0.4, -0.2) is 15.7 Å². The standard InChI is InChI=1S/C16H17ClN4O/c1-10(2)13-8-15(21(3)20-13)16(22)19-14(9-18)11-6-4-5-7-12(11)17/h4-8,10,14H,1-3H3,(H,19,22). The number of carbonyl (C=O) groups is 1. The number of hydrogen-bond donors (Lipinski definition) is 1. The van der Waals surface area contributed by atoms with E-state index in [1.165, 1.54) is 4.68 Å². The molecule has 0 fully saturated rings. The van der Waals surface area contributed by atoms with Crippen LogP contribution in [0.1, 0.15) is 47.6 Å². The SMILES string of the molecule is CC(C)c1cc(C(=O)NC(C#N)c2ccccc2Cl)n(C)n1. The van der Waals surface area contributed by atoms with Gasteiger partial charge in [0.1, 0.15) is 11.7 Å². The number of hydrogen-bond acceptors (Lipinski definition) is 3. The predicted octanol–water partition coefficient (Wildman–Crippen LogP) is 3.19. The number of halogens is 1. The van der Waals surface area contributed by atoms with Crippen LogP contribution in [0.5, 0.6) is 0 Å². The summed E-state index contributed by atoms with van der Waals surface area (Å²) in [5.41, 5.74) is 1.82. The summed E-state index contributed by atoms with van der Waals surface area (Å²) in [4.78, 5) is 12.4. The smallest absolute Gasteiger partial charge is 0.270 e. The normalized spacial score (nSPS) is 12.0. The molecule has 0 aliphatic carbocycles. The predicted molar refractivity (Wildman–Crippen MR) is 84.6 cm³/mol. The van der Waals surface area contributed by atoms with E-state index in [4.69, 9.17) is 11.6 Å². The van der Waals surface area contributed by atoms with E-state index in [0.29, 0.717) is 16.3 Å². The lowest BCUT2D eigenvalue weighted by Crippen LogP contribution is -2.29. The molecule has 1 atom stereocenters. The van der Waals surface area contributed by atoms with E-state index in [-0.39, 0.29) is 11.8 Å². The van der Waals surface area contributed by atoms with Gasteiger partial charge < -0.3 is 5.32 Å². The Bertz CT molecular complexity index is 730. The van der Waals surface area contributed by atoms with Crippen LogP contribution >= 0.6 is 11.6 Å². The van der Waals surface area contributed by atoms with Crippen LogP contribution in [0.25, 0.3) is 0 Å². The molecule has 2 aromatic rings. The molecular weight excluding hydrogens is 300 g/mol. The zero-order valence-electron chi connectivity index (χ0n) is 12.7. The van der Waals surface area contributed by atoms with Crippen LogP contribution in [0, 0.1) is 11.3 Å². The lowest BCUT2D eigenvalue weighted by molar-refractivity contribution is 0.0935. The summed E-state index contributed by atoms with van der Waals surface area (Å²) in [5, 5.41) is 16.8. The van der Waals surface area contributed by atoms with E-state index >= 15 is 0 Å². The third kappa shape index (κ3) is 3.29. The van der Waals surface area contributed by atoms with Crippen LogP contribution in [0.15, 0.2) is 30.3 Å². The fourth-order valence-corrected chi connectivity index (χ4v) is 2.32. The van der Waals surface area contributed by atoms with Gasteiger partial charge in [-0.2, -0.15) is 10.4 Å². The Morgan fingerprint density at radius 3 is 2.64 bits per heavy atom. The van der Waals surface area contributed by atoms with Gasteiger partial charge in [0, 0.05) is 17.6 Å². The first-order valence-corrected chi connectivity index (χ1v) is 7.30. The minimum absolute atomic E-state index is 0.225. The molecule has 6 heteroatoms. The van der Waals surface area contributed by atoms with E-state index in [2.05, 4.69) is 16.5 Å². The highest BCUT2D eigenvalue weighted by atomic mass is 35.5. The monoisotopic (exact) mass is 316 g/mol. The summed E-state index contributed by atoms with van der Waals surface area (Å²) in [6, 6.07) is 9.96. The fraction of sp³-hybridized carbons (Fsp3) is 0.312. The van der Waals surface area contributed by atoms with Gasteiger partial charge in [-0.1, -0.05) is 43.6 Å². The molecule has 114 valence electrons. The number of aryl methyl sites for hydroxylation is 1. The van der Waals surface area contributed by atoms with Crippen molar-refractivity contribution in [2.45, 2.75) is 25.8 Å². The van der Waals surface area contributed by atoms with Crippen LogP contribution in [0.4, 0.5) is 0 Å². The summed E-state index contributed by atoms with van der Waals surface area (Å²) in [7, 11) is 1.71. The summed E-state index contributed by atoms with van der Waals surface area (Å²) in [5.74, 6) is -0.128. The number of nitrogens with zero attached hydrogens (tertiary/aromatic N) is 3. The molecule has 1 amide bonds. The topological polar surface area (TPSA) is 70.7 Å². The first-order chi connectivity index (χ1) is 10.4. The molecule has 0 aliphatic heterocycles. The van der Waals surface area contributed by atoms with Gasteiger partial charge in [-0.25, -0.2) is 0 Å². The number of carbonyl (C=O) groups excluding carboxylic acids is 1. The Labute approximate surface area is 134 Å². The molecule has 1 unspecified atom stereocenters. The quantitative estimate of drug-likeness (QED) is 0.941. The average molecular weight is 317 g/mol. The van der Waals surface area contributed by atoms with Crippen molar-refractivity contribution in [3.8, 4) is 6.07 Å². The molecule has 1 N–H and O–H groups in total. The second-order valence-electron chi connectivity index (χ2n) is 5.29. The van der Waals surface area contributed by atoms with Crippen LogP contribution < -0.4 is 5.32 Å². The highest BCUT2D eigenvalue weighted by Gasteiger charge is 2.20. The fourth-order valence-electron chi connectivity index (χ4n) is 2.08. The molecule has 0 saturated carbocycles.